The number of ketones is 1. The minimum atomic E-state index is -0.0288. The molecule has 1 aromatic heterocycles. The van der Waals surface area contributed by atoms with Crippen molar-refractivity contribution < 1.29 is 14.3 Å². The van der Waals surface area contributed by atoms with E-state index < -0.39 is 0 Å². The monoisotopic (exact) mass is 355 g/mol. The second kappa shape index (κ2) is 6.23. The Labute approximate surface area is 151 Å². The number of nitrogens with one attached hydrogen (secondary N) is 1. The molecule has 5 heteroatoms. The molecule has 1 atom stereocenters. The third-order valence-electron chi connectivity index (χ3n) is 5.06. The van der Waals surface area contributed by atoms with E-state index in [2.05, 4.69) is 23.7 Å². The SMILES string of the molecule is COc1cc2c(cc1OC)C(c1sccc1C)C1=C(CCCC1=O)N2. The Balaban J connectivity index is 1.97. The van der Waals surface area contributed by atoms with Crippen LogP contribution in [0.4, 0.5) is 5.69 Å². The molecule has 1 unspecified atom stereocenters. The van der Waals surface area contributed by atoms with E-state index in [1.54, 1.807) is 25.6 Å². The number of allylic oxidation sites excluding steroid dienone is 2. The molecule has 0 spiro atoms. The fraction of sp³-hybridized carbons (Fsp3) is 0.350. The van der Waals surface area contributed by atoms with E-state index in [0.29, 0.717) is 17.9 Å². The number of methoxy groups -OCH3 is 2. The molecule has 0 radical (unpaired) electrons. The number of fused-ring (bicyclic) bond motifs is 1. The van der Waals surface area contributed by atoms with E-state index in [0.717, 1.165) is 35.4 Å². The van der Waals surface area contributed by atoms with Crippen LogP contribution in [0.2, 0.25) is 0 Å². The van der Waals surface area contributed by atoms with Gasteiger partial charge >= 0.3 is 0 Å². The molecule has 0 fully saturated rings. The van der Waals surface area contributed by atoms with Crippen LogP contribution in [0.1, 0.15) is 41.2 Å². The van der Waals surface area contributed by atoms with Crippen LogP contribution >= 0.6 is 11.3 Å². The molecule has 2 heterocycles. The highest BCUT2D eigenvalue weighted by Crippen LogP contribution is 2.50. The lowest BCUT2D eigenvalue weighted by molar-refractivity contribution is -0.116. The van der Waals surface area contributed by atoms with Gasteiger partial charge in [0, 0.05) is 34.3 Å². The molecule has 1 aromatic carbocycles. The van der Waals surface area contributed by atoms with Crippen molar-refractivity contribution in [2.75, 3.05) is 19.5 Å². The quantitative estimate of drug-likeness (QED) is 0.871. The summed E-state index contributed by atoms with van der Waals surface area (Å²) in [7, 11) is 3.28. The van der Waals surface area contributed by atoms with Crippen LogP contribution in [0.3, 0.4) is 0 Å². The summed E-state index contributed by atoms with van der Waals surface area (Å²) in [6.45, 7) is 2.11. The number of aryl methyl sites for hydroxylation is 1. The Morgan fingerprint density at radius 1 is 1.16 bits per heavy atom. The smallest absolute Gasteiger partial charge is 0.162 e. The van der Waals surface area contributed by atoms with Gasteiger partial charge in [0.05, 0.1) is 20.1 Å². The van der Waals surface area contributed by atoms with Crippen molar-refractivity contribution in [3.8, 4) is 11.5 Å². The van der Waals surface area contributed by atoms with Crippen LogP contribution in [0.5, 0.6) is 11.5 Å². The van der Waals surface area contributed by atoms with Crippen LogP contribution in [-0.2, 0) is 4.79 Å². The summed E-state index contributed by atoms with van der Waals surface area (Å²) >= 11 is 1.71. The number of Topliss-reactive ketones (excluding diaryl/α,β-unsaturated/α-hetero) is 1. The van der Waals surface area contributed by atoms with Gasteiger partial charge in [-0.05, 0) is 48.4 Å². The van der Waals surface area contributed by atoms with Gasteiger partial charge in [0.2, 0.25) is 0 Å². The number of ether oxygens (including phenoxy) is 2. The summed E-state index contributed by atoms with van der Waals surface area (Å²) in [5.41, 5.74) is 5.30. The molecular weight excluding hydrogens is 334 g/mol. The van der Waals surface area contributed by atoms with Gasteiger partial charge < -0.3 is 14.8 Å². The lowest BCUT2D eigenvalue weighted by atomic mass is 9.77. The second-order valence-electron chi connectivity index (χ2n) is 6.49. The van der Waals surface area contributed by atoms with Crippen molar-refractivity contribution >= 4 is 22.8 Å². The van der Waals surface area contributed by atoms with Crippen LogP contribution in [0, 0.1) is 6.92 Å². The first-order chi connectivity index (χ1) is 12.1. The predicted molar refractivity (Wildman–Crippen MR) is 100.0 cm³/mol. The maximum Gasteiger partial charge on any atom is 0.162 e. The van der Waals surface area contributed by atoms with E-state index in [-0.39, 0.29) is 11.7 Å². The normalized spacial score (nSPS) is 19.2. The van der Waals surface area contributed by atoms with Crippen molar-refractivity contribution in [1.82, 2.24) is 0 Å². The van der Waals surface area contributed by atoms with E-state index in [4.69, 9.17) is 9.47 Å². The van der Waals surface area contributed by atoms with Gasteiger partial charge in [-0.15, -0.1) is 11.3 Å². The van der Waals surface area contributed by atoms with Crippen LogP contribution in [0.25, 0.3) is 0 Å². The van der Waals surface area contributed by atoms with Crippen molar-refractivity contribution in [3.05, 3.63) is 50.9 Å². The maximum absolute atomic E-state index is 12.8. The van der Waals surface area contributed by atoms with Gasteiger partial charge in [-0.1, -0.05) is 0 Å². The van der Waals surface area contributed by atoms with Crippen LogP contribution in [-0.4, -0.2) is 20.0 Å². The Bertz CT molecular complexity index is 881. The average Bonchev–Trinajstić information content (AvgIpc) is 3.04. The fourth-order valence-electron chi connectivity index (χ4n) is 3.84. The van der Waals surface area contributed by atoms with E-state index >= 15 is 0 Å². The first kappa shape index (κ1) is 16.2. The standard InChI is InChI=1S/C20H21NO3S/c1-11-7-8-25-20(11)18-12-9-16(23-2)17(24-3)10-14(12)21-13-5-4-6-15(22)19(13)18/h7-10,18,21H,4-6H2,1-3H3. The molecule has 0 saturated carbocycles. The Morgan fingerprint density at radius 2 is 1.92 bits per heavy atom. The molecule has 1 N–H and O–H groups in total. The van der Waals surface area contributed by atoms with Gasteiger partial charge in [-0.25, -0.2) is 0 Å². The number of carbonyl (C=O) groups is 1. The Morgan fingerprint density at radius 3 is 2.60 bits per heavy atom. The lowest BCUT2D eigenvalue weighted by Crippen LogP contribution is -2.26. The van der Waals surface area contributed by atoms with Crippen LogP contribution < -0.4 is 14.8 Å². The molecule has 4 rings (SSSR count). The summed E-state index contributed by atoms with van der Waals surface area (Å²) in [4.78, 5) is 14.0. The molecule has 0 amide bonds. The number of thiophene rings is 1. The van der Waals surface area contributed by atoms with Gasteiger partial charge in [0.25, 0.3) is 0 Å². The molecule has 2 aliphatic rings. The largest absolute Gasteiger partial charge is 0.493 e. The predicted octanol–water partition coefficient (Wildman–Crippen LogP) is 4.64. The van der Waals surface area contributed by atoms with E-state index in [9.17, 15) is 4.79 Å². The highest BCUT2D eigenvalue weighted by Gasteiger charge is 2.37. The molecular formula is C20H21NO3S. The molecule has 0 saturated heterocycles. The number of benzene rings is 1. The third kappa shape index (κ3) is 2.54. The molecule has 1 aliphatic heterocycles. The Kier molecular flexibility index (Phi) is 4.04. The summed E-state index contributed by atoms with van der Waals surface area (Å²) < 4.78 is 11.0. The Hall–Kier alpha value is -2.27. The molecule has 25 heavy (non-hydrogen) atoms. The summed E-state index contributed by atoms with van der Waals surface area (Å²) in [5, 5.41) is 5.59. The fourth-order valence-corrected chi connectivity index (χ4v) is 4.89. The van der Waals surface area contributed by atoms with Gasteiger partial charge in [-0.3, -0.25) is 4.79 Å². The van der Waals surface area contributed by atoms with Gasteiger partial charge in [0.1, 0.15) is 0 Å². The highest BCUT2D eigenvalue weighted by atomic mass is 32.1. The first-order valence-electron chi connectivity index (χ1n) is 8.47. The van der Waals surface area contributed by atoms with Crippen molar-refractivity contribution in [1.29, 1.82) is 0 Å². The number of carbonyl (C=O) groups excluding carboxylic acids is 1. The van der Waals surface area contributed by atoms with Gasteiger partial charge in [0.15, 0.2) is 17.3 Å². The number of anilines is 1. The summed E-state index contributed by atoms with van der Waals surface area (Å²) in [6, 6.07) is 6.11. The summed E-state index contributed by atoms with van der Waals surface area (Å²) in [6.07, 6.45) is 2.45. The zero-order valence-corrected chi connectivity index (χ0v) is 15.5. The maximum atomic E-state index is 12.8. The average molecular weight is 355 g/mol. The number of rotatable bonds is 3. The lowest BCUT2D eigenvalue weighted by Gasteiger charge is -2.34. The molecule has 1 aliphatic carbocycles. The molecule has 130 valence electrons. The highest BCUT2D eigenvalue weighted by molar-refractivity contribution is 7.10. The minimum absolute atomic E-state index is 0.0288. The minimum Gasteiger partial charge on any atom is -0.493 e. The van der Waals surface area contributed by atoms with E-state index in [1.165, 1.54) is 10.4 Å². The zero-order chi connectivity index (χ0) is 17.6. The summed E-state index contributed by atoms with van der Waals surface area (Å²) in [5.74, 6) is 1.61. The molecule has 2 aromatic rings. The zero-order valence-electron chi connectivity index (χ0n) is 14.6. The number of hydrogen-bond donors (Lipinski definition) is 1. The topological polar surface area (TPSA) is 47.6 Å². The molecule has 0 bridgehead atoms. The van der Waals surface area contributed by atoms with Crippen LogP contribution in [0.15, 0.2) is 34.8 Å². The molecule has 4 nitrogen and oxygen atoms in total. The van der Waals surface area contributed by atoms with Gasteiger partial charge in [-0.2, -0.15) is 0 Å². The van der Waals surface area contributed by atoms with Crippen molar-refractivity contribution in [2.24, 2.45) is 0 Å². The van der Waals surface area contributed by atoms with Crippen molar-refractivity contribution in [3.63, 3.8) is 0 Å². The first-order valence-corrected chi connectivity index (χ1v) is 9.35. The number of hydrogen-bond acceptors (Lipinski definition) is 5. The van der Waals surface area contributed by atoms with Crippen molar-refractivity contribution in [2.45, 2.75) is 32.1 Å². The van der Waals surface area contributed by atoms with E-state index in [1.807, 2.05) is 12.1 Å². The second-order valence-corrected chi connectivity index (χ2v) is 7.44. The third-order valence-corrected chi connectivity index (χ3v) is 6.14.